The molecule has 5 N–H and O–H groups in total. The largest absolute Gasteiger partial charge is 0.453 e. The Bertz CT molecular complexity index is 2620. The highest BCUT2D eigenvalue weighted by Gasteiger charge is 2.42. The minimum atomic E-state index is -3.43. The minimum Gasteiger partial charge on any atom is -0.453 e. The molecule has 2 aromatic heterocycles. The van der Waals surface area contributed by atoms with Gasteiger partial charge in [0.25, 0.3) is 0 Å². The van der Waals surface area contributed by atoms with Gasteiger partial charge in [0.05, 0.1) is 56.8 Å². The predicted octanol–water partition coefficient (Wildman–Crippen LogP) is 6.57. The molecule has 1 aliphatic carbocycles. The zero-order valence-electron chi connectivity index (χ0n) is 37.9. The number of nitrogens with one attached hydrogen (secondary N) is 5. The van der Waals surface area contributed by atoms with Gasteiger partial charge in [-0.3, -0.25) is 9.59 Å². The molecule has 5 aromatic rings. The fourth-order valence-corrected chi connectivity index (χ4v) is 8.22. The summed E-state index contributed by atoms with van der Waals surface area (Å²) in [4.78, 5) is 70.9. The number of alkyl carbamates (subject to hydrolysis) is 2. The van der Waals surface area contributed by atoms with Gasteiger partial charge >= 0.3 is 12.2 Å². The van der Waals surface area contributed by atoms with Crippen LogP contribution in [0.25, 0.3) is 44.4 Å². The molecule has 346 valence electrons. The van der Waals surface area contributed by atoms with E-state index in [1.807, 2.05) is 44.2 Å². The Morgan fingerprint density at radius 2 is 1.31 bits per heavy atom. The van der Waals surface area contributed by atoms with Gasteiger partial charge in [-0.25, -0.2) is 28.0 Å². The maximum Gasteiger partial charge on any atom is 0.407 e. The van der Waals surface area contributed by atoms with Gasteiger partial charge in [-0.15, -0.1) is 0 Å². The van der Waals surface area contributed by atoms with E-state index in [1.54, 1.807) is 24.2 Å². The highest BCUT2D eigenvalue weighted by atomic mass is 32.2. The third kappa shape index (κ3) is 12.8. The number of hydrogen-bond donors (Lipinski definition) is 5. The highest BCUT2D eigenvalue weighted by molar-refractivity contribution is 7.90. The summed E-state index contributed by atoms with van der Waals surface area (Å²) in [5, 5.41) is 15.0. The Hall–Kier alpha value is -6.56. The van der Waals surface area contributed by atoms with Crippen LogP contribution >= 0.6 is 0 Å². The summed E-state index contributed by atoms with van der Waals surface area (Å²) in [5.41, 5.74) is 5.45. The van der Waals surface area contributed by atoms with Gasteiger partial charge in [0, 0.05) is 30.8 Å². The molecule has 1 fully saturated rings. The Balaban J connectivity index is 1.14. The number of carbonyl (C=O) groups excluding carboxylic acids is 4. The third-order valence-corrected chi connectivity index (χ3v) is 12.6. The van der Waals surface area contributed by atoms with Crippen molar-refractivity contribution in [2.24, 2.45) is 17.3 Å². The molecule has 65 heavy (non-hydrogen) atoms. The number of H-pyrrole nitrogens is 2. The van der Waals surface area contributed by atoms with E-state index in [0.29, 0.717) is 18.2 Å². The molecule has 0 saturated heterocycles. The van der Waals surface area contributed by atoms with Crippen molar-refractivity contribution in [2.45, 2.75) is 72.1 Å². The maximum absolute atomic E-state index is 13.8. The fraction of sp³-hybridized carbons (Fsp3) is 0.426. The van der Waals surface area contributed by atoms with Crippen LogP contribution in [0.1, 0.15) is 58.6 Å². The van der Waals surface area contributed by atoms with Crippen LogP contribution in [0.2, 0.25) is 0 Å². The number of fused-ring (bicyclic) bond motifs is 1. The molecule has 6 rings (SSSR count). The lowest BCUT2D eigenvalue weighted by Crippen LogP contribution is -2.52. The Morgan fingerprint density at radius 3 is 1.86 bits per heavy atom. The van der Waals surface area contributed by atoms with Crippen molar-refractivity contribution < 1.29 is 37.1 Å². The number of hydrogen-bond acceptors (Lipinski definition) is 11. The van der Waals surface area contributed by atoms with Crippen molar-refractivity contribution in [3.8, 4) is 33.6 Å². The second-order valence-electron chi connectivity index (χ2n) is 17.7. The average molecular weight is 910 g/mol. The fourth-order valence-electron chi connectivity index (χ4n) is 7.56. The Morgan fingerprint density at radius 1 is 0.785 bits per heavy atom. The molecule has 0 bridgehead atoms. The standard InChI is InChI=1S/C47H59N9O8S/c1-29(2)42(54-46(60)64-6)44(58)56(28-47(4)17-18-47)27-41-50-24-39(52-41)36-15-14-34-20-33(12-13-35(34)21-36)31-8-10-32(11-9-31)38-23-49-40(51-38)26-55(25-30(3)22-48)43(57)37(53-45(59)63-5)16-19-65(7,61)62/h8-15,20-24,29-30,37,42,48H,16-19,25-28H2,1-7H3,(H,49,51)(H,50,52)(H,53,59)(H,54,60)/t30-,37+,42+/m1/s1. The molecular formula is C47H59N9O8S. The van der Waals surface area contributed by atoms with Crippen LogP contribution in [0, 0.1) is 22.7 Å². The first-order valence-electron chi connectivity index (χ1n) is 21.5. The molecule has 2 heterocycles. The van der Waals surface area contributed by atoms with Gasteiger partial charge < -0.3 is 45.3 Å². The zero-order valence-corrected chi connectivity index (χ0v) is 38.8. The predicted molar refractivity (Wildman–Crippen MR) is 248 cm³/mol. The first kappa shape index (κ1) is 47.9. The van der Waals surface area contributed by atoms with E-state index in [9.17, 15) is 27.6 Å². The lowest BCUT2D eigenvalue weighted by molar-refractivity contribution is -0.136. The van der Waals surface area contributed by atoms with Crippen LogP contribution in [-0.2, 0) is 42.0 Å². The average Bonchev–Trinajstić information content (AvgIpc) is 3.59. The number of carbonyl (C=O) groups is 4. The first-order chi connectivity index (χ1) is 30.9. The summed E-state index contributed by atoms with van der Waals surface area (Å²) in [6, 6.07) is 18.6. The molecule has 3 atom stereocenters. The second kappa shape index (κ2) is 20.5. The number of amides is 4. The number of imidazole rings is 2. The van der Waals surface area contributed by atoms with Crippen molar-refractivity contribution in [3.05, 3.63) is 84.7 Å². The minimum absolute atomic E-state index is 0.0310. The quantitative estimate of drug-likeness (QED) is 0.0527. The number of sulfone groups is 1. The van der Waals surface area contributed by atoms with E-state index < -0.39 is 40.0 Å². The third-order valence-electron chi connectivity index (χ3n) is 11.7. The number of aromatic nitrogens is 4. The van der Waals surface area contributed by atoms with Crippen LogP contribution < -0.4 is 10.6 Å². The molecule has 0 aliphatic heterocycles. The summed E-state index contributed by atoms with van der Waals surface area (Å²) in [6.07, 6.45) is 6.16. The number of rotatable bonds is 20. The van der Waals surface area contributed by atoms with Crippen molar-refractivity contribution >= 4 is 50.8 Å². The van der Waals surface area contributed by atoms with Crippen molar-refractivity contribution in [3.63, 3.8) is 0 Å². The number of methoxy groups -OCH3 is 2. The normalized spacial score (nSPS) is 14.5. The van der Waals surface area contributed by atoms with Crippen molar-refractivity contribution in [2.75, 3.05) is 39.3 Å². The summed E-state index contributed by atoms with van der Waals surface area (Å²) in [7, 11) is -0.985. The maximum atomic E-state index is 13.8. The number of aromatic amines is 2. The molecule has 4 amide bonds. The molecule has 0 unspecified atom stereocenters. The van der Waals surface area contributed by atoms with Crippen LogP contribution in [-0.4, -0.2) is 120 Å². The summed E-state index contributed by atoms with van der Waals surface area (Å²) in [6.45, 7) is 8.75. The van der Waals surface area contributed by atoms with E-state index in [0.717, 1.165) is 70.6 Å². The van der Waals surface area contributed by atoms with E-state index in [4.69, 9.17) is 10.1 Å². The van der Waals surface area contributed by atoms with E-state index >= 15 is 0 Å². The van der Waals surface area contributed by atoms with Crippen LogP contribution in [0.5, 0.6) is 0 Å². The molecule has 1 saturated carbocycles. The molecule has 1 aliphatic rings. The first-order valence-corrected chi connectivity index (χ1v) is 23.6. The van der Waals surface area contributed by atoms with E-state index in [1.165, 1.54) is 18.2 Å². The number of benzene rings is 3. The van der Waals surface area contributed by atoms with Crippen LogP contribution in [0.15, 0.2) is 73.1 Å². The van der Waals surface area contributed by atoms with Crippen molar-refractivity contribution in [1.82, 2.24) is 40.4 Å². The topological polar surface area (TPSA) is 233 Å². The van der Waals surface area contributed by atoms with Gasteiger partial charge in [0.15, 0.2) is 0 Å². The molecule has 3 aromatic carbocycles. The van der Waals surface area contributed by atoms with Gasteiger partial charge in [-0.1, -0.05) is 76.2 Å². The highest BCUT2D eigenvalue weighted by Crippen LogP contribution is 2.46. The van der Waals surface area contributed by atoms with Gasteiger partial charge in [0.1, 0.15) is 33.6 Å². The smallest absolute Gasteiger partial charge is 0.407 e. The van der Waals surface area contributed by atoms with E-state index in [-0.39, 0.29) is 55.0 Å². The second-order valence-corrected chi connectivity index (χ2v) is 19.9. The SMILES string of the molecule is COC(=O)N[C@@H](CCS(C)(=O)=O)C(=O)N(Cc1ncc(-c2ccc(-c3ccc4cc(-c5cnc(CN(CC6(C)CC6)C(=O)[C@@H](NC(=O)OC)C(C)C)[nH]5)ccc4c3)cc2)[nH]1)C[C@H](C)C=N. The summed E-state index contributed by atoms with van der Waals surface area (Å²) < 4.78 is 33.3. The molecule has 17 nitrogen and oxygen atoms in total. The molecule has 0 spiro atoms. The molecule has 18 heteroatoms. The molecular weight excluding hydrogens is 851 g/mol. The van der Waals surface area contributed by atoms with E-state index in [2.05, 4.69) is 72.6 Å². The number of ether oxygens (including phenoxy) is 2. The molecule has 0 radical (unpaired) electrons. The van der Waals surface area contributed by atoms with Gasteiger partial charge in [-0.05, 0) is 76.4 Å². The van der Waals surface area contributed by atoms with Gasteiger partial charge in [0.2, 0.25) is 11.8 Å². The monoisotopic (exact) mass is 909 g/mol. The zero-order chi connectivity index (χ0) is 47.1. The van der Waals surface area contributed by atoms with Crippen LogP contribution in [0.4, 0.5) is 9.59 Å². The summed E-state index contributed by atoms with van der Waals surface area (Å²) in [5.74, 6) is -0.343. The Kier molecular flexibility index (Phi) is 15.1. The van der Waals surface area contributed by atoms with Crippen LogP contribution in [0.3, 0.4) is 0 Å². The van der Waals surface area contributed by atoms with Gasteiger partial charge in [-0.2, -0.15) is 0 Å². The van der Waals surface area contributed by atoms with Crippen molar-refractivity contribution in [1.29, 1.82) is 5.41 Å². The summed E-state index contributed by atoms with van der Waals surface area (Å²) >= 11 is 0. The lowest BCUT2D eigenvalue weighted by Gasteiger charge is -2.31. The number of nitrogens with zero attached hydrogens (tertiary/aromatic N) is 4. The lowest BCUT2D eigenvalue weighted by atomic mass is 9.98. The Labute approximate surface area is 379 Å².